The Morgan fingerprint density at radius 3 is 2.46 bits per heavy atom. The van der Waals surface area contributed by atoms with Gasteiger partial charge in [-0.3, -0.25) is 4.72 Å². The van der Waals surface area contributed by atoms with Gasteiger partial charge >= 0.3 is 0 Å². The standard InChI is InChI=1S/C29H40N6O2S2/c1-7-10-18-34(9-3)25-17-16-21(38-25)20-23-26(29(4,5)6)32-35-27(30-31-28(23)35)22-14-12-13-15-24(22)33-39(36,37)19-11-8-2/h12-17,20,33H,7-11,18-19H2,1-6H3/b23-20-. The molecule has 0 amide bonds. The van der Waals surface area contributed by atoms with Crippen molar-refractivity contribution >= 4 is 43.8 Å². The molecule has 0 fully saturated rings. The maximum atomic E-state index is 12.7. The van der Waals surface area contributed by atoms with E-state index in [1.54, 1.807) is 21.9 Å². The summed E-state index contributed by atoms with van der Waals surface area (Å²) in [4.78, 5) is 3.55. The number of nitrogens with zero attached hydrogens (tertiary/aromatic N) is 5. The lowest BCUT2D eigenvalue weighted by atomic mass is 9.91. The van der Waals surface area contributed by atoms with E-state index in [0.29, 0.717) is 29.1 Å². The average molecular weight is 569 g/mol. The van der Waals surface area contributed by atoms with Crippen LogP contribution in [-0.4, -0.2) is 47.1 Å². The molecule has 0 spiro atoms. The van der Waals surface area contributed by atoms with Crippen LogP contribution in [0.25, 0.3) is 23.1 Å². The molecule has 0 saturated carbocycles. The zero-order chi connectivity index (χ0) is 28.2. The van der Waals surface area contributed by atoms with Crippen LogP contribution in [0, 0.1) is 0 Å². The first-order valence-electron chi connectivity index (χ1n) is 13.8. The topological polar surface area (TPSA) is 92.5 Å². The molecule has 4 aromatic rings. The largest absolute Gasteiger partial charge is 0.364 e. The third-order valence-electron chi connectivity index (χ3n) is 6.62. The molecule has 10 heteroatoms. The monoisotopic (exact) mass is 568 g/mol. The van der Waals surface area contributed by atoms with Crippen molar-refractivity contribution in [3.63, 3.8) is 0 Å². The van der Waals surface area contributed by atoms with Gasteiger partial charge in [0.05, 0.1) is 22.1 Å². The average Bonchev–Trinajstić information content (AvgIpc) is 3.60. The second-order valence-electron chi connectivity index (χ2n) is 10.8. The Morgan fingerprint density at radius 2 is 1.77 bits per heavy atom. The van der Waals surface area contributed by atoms with E-state index in [2.05, 4.69) is 72.6 Å². The quantitative estimate of drug-likeness (QED) is 0.230. The van der Waals surface area contributed by atoms with Crippen LogP contribution >= 0.6 is 11.3 Å². The summed E-state index contributed by atoms with van der Waals surface area (Å²) in [5, 5.41) is 16.2. The minimum Gasteiger partial charge on any atom is -0.364 e. The van der Waals surface area contributed by atoms with E-state index in [-0.39, 0.29) is 11.2 Å². The number of benzene rings is 1. The van der Waals surface area contributed by atoms with E-state index in [4.69, 9.17) is 5.10 Å². The smallest absolute Gasteiger partial charge is 0.232 e. The highest BCUT2D eigenvalue weighted by molar-refractivity contribution is 7.92. The fraction of sp³-hybridized carbons (Fsp3) is 0.483. The molecule has 0 atom stereocenters. The highest BCUT2D eigenvalue weighted by atomic mass is 32.2. The van der Waals surface area contributed by atoms with E-state index < -0.39 is 10.0 Å². The molecule has 3 heterocycles. The Kier molecular flexibility index (Phi) is 8.96. The second kappa shape index (κ2) is 12.0. The van der Waals surface area contributed by atoms with Crippen molar-refractivity contribution in [1.82, 2.24) is 19.8 Å². The molecule has 210 valence electrons. The van der Waals surface area contributed by atoms with Crippen LogP contribution in [-0.2, 0) is 15.4 Å². The molecule has 1 N–H and O–H groups in total. The van der Waals surface area contributed by atoms with E-state index in [0.717, 1.165) is 35.3 Å². The van der Waals surface area contributed by atoms with Crippen LogP contribution in [0.1, 0.15) is 77.8 Å². The van der Waals surface area contributed by atoms with E-state index in [1.165, 1.54) is 17.8 Å². The van der Waals surface area contributed by atoms with E-state index in [1.807, 2.05) is 25.1 Å². The number of rotatable bonds is 12. The van der Waals surface area contributed by atoms with Gasteiger partial charge in [0.1, 0.15) is 0 Å². The molecule has 3 aromatic heterocycles. The van der Waals surface area contributed by atoms with Crippen LogP contribution in [0.4, 0.5) is 10.7 Å². The minimum atomic E-state index is -3.48. The zero-order valence-electron chi connectivity index (χ0n) is 23.9. The molecule has 4 rings (SSSR count). The van der Waals surface area contributed by atoms with Crippen LogP contribution in [0.3, 0.4) is 0 Å². The maximum absolute atomic E-state index is 12.7. The molecule has 8 nitrogen and oxygen atoms in total. The van der Waals surface area contributed by atoms with Gasteiger partial charge < -0.3 is 4.90 Å². The number of thiophene rings is 1. The fourth-order valence-corrected chi connectivity index (χ4v) is 6.81. The molecule has 0 bridgehead atoms. The lowest BCUT2D eigenvalue weighted by molar-refractivity contribution is 0.559. The van der Waals surface area contributed by atoms with Crippen molar-refractivity contribution in [2.75, 3.05) is 28.5 Å². The number of para-hydroxylation sites is 1. The summed E-state index contributed by atoms with van der Waals surface area (Å²) in [6.45, 7) is 14.8. The van der Waals surface area contributed by atoms with Crippen molar-refractivity contribution in [1.29, 1.82) is 0 Å². The van der Waals surface area contributed by atoms with Gasteiger partial charge in [-0.05, 0) is 50.1 Å². The molecular weight excluding hydrogens is 528 g/mol. The third-order valence-corrected chi connectivity index (χ3v) is 9.07. The molecule has 0 aliphatic carbocycles. The van der Waals surface area contributed by atoms with Gasteiger partial charge in [-0.25, -0.2) is 8.42 Å². The molecule has 0 unspecified atom stereocenters. The summed E-state index contributed by atoms with van der Waals surface area (Å²) in [7, 11) is -3.48. The van der Waals surface area contributed by atoms with Crippen molar-refractivity contribution in [2.24, 2.45) is 0 Å². The van der Waals surface area contributed by atoms with E-state index >= 15 is 0 Å². The predicted molar refractivity (Wildman–Crippen MR) is 163 cm³/mol. The Hall–Kier alpha value is -2.98. The third kappa shape index (κ3) is 6.61. The van der Waals surface area contributed by atoms with Crippen LogP contribution in [0.5, 0.6) is 0 Å². The number of unbranched alkanes of at least 4 members (excludes halogenated alkanes) is 2. The zero-order valence-corrected chi connectivity index (χ0v) is 25.5. The highest BCUT2D eigenvalue weighted by Crippen LogP contribution is 2.30. The number of aromatic nitrogens is 4. The Bertz CT molecular complexity index is 1570. The van der Waals surface area contributed by atoms with Gasteiger partial charge in [0.15, 0.2) is 11.5 Å². The fourth-order valence-electron chi connectivity index (χ4n) is 4.48. The maximum Gasteiger partial charge on any atom is 0.232 e. The van der Waals surface area contributed by atoms with Crippen molar-refractivity contribution in [3.8, 4) is 11.4 Å². The summed E-state index contributed by atoms with van der Waals surface area (Å²) >= 11 is 1.77. The second-order valence-corrected chi connectivity index (χ2v) is 13.8. The molecule has 0 aliphatic rings. The molecule has 0 saturated heterocycles. The first-order chi connectivity index (χ1) is 18.6. The summed E-state index contributed by atoms with van der Waals surface area (Å²) in [5.41, 5.74) is 2.46. The van der Waals surface area contributed by atoms with E-state index in [9.17, 15) is 8.42 Å². The SMILES string of the molecule is CCCCN(CC)c1ccc(/C=c2/c(C(C)(C)C)nn3c(-c4ccccc4NS(=O)(=O)CCCC)nnc23)s1. The van der Waals surface area contributed by atoms with Gasteiger partial charge in [0.25, 0.3) is 0 Å². The molecule has 1 aromatic carbocycles. The molecule has 0 radical (unpaired) electrons. The summed E-state index contributed by atoms with van der Waals surface area (Å²) in [6.07, 6.45) is 5.91. The predicted octanol–water partition coefficient (Wildman–Crippen LogP) is 5.87. The number of fused-ring (bicyclic) bond motifs is 1. The van der Waals surface area contributed by atoms with Crippen LogP contribution < -0.4 is 14.8 Å². The van der Waals surface area contributed by atoms with Gasteiger partial charge in [-0.1, -0.05) is 59.6 Å². The van der Waals surface area contributed by atoms with Crippen LogP contribution in [0.2, 0.25) is 0 Å². The summed E-state index contributed by atoms with van der Waals surface area (Å²) in [5.74, 6) is 0.582. The minimum absolute atomic E-state index is 0.0751. The van der Waals surface area contributed by atoms with Gasteiger partial charge in [0, 0.05) is 34.2 Å². The first-order valence-corrected chi connectivity index (χ1v) is 16.3. The normalized spacial score (nSPS) is 12.9. The summed E-state index contributed by atoms with van der Waals surface area (Å²) < 4.78 is 29.9. The number of hydrogen-bond donors (Lipinski definition) is 1. The number of hydrogen-bond acceptors (Lipinski definition) is 7. The Morgan fingerprint density at radius 1 is 1.03 bits per heavy atom. The lowest BCUT2D eigenvalue weighted by Crippen LogP contribution is -2.22. The lowest BCUT2D eigenvalue weighted by Gasteiger charge is -2.20. The van der Waals surface area contributed by atoms with Crippen molar-refractivity contribution in [3.05, 3.63) is 52.2 Å². The first kappa shape index (κ1) is 29.0. The molecule has 39 heavy (non-hydrogen) atoms. The number of nitrogens with one attached hydrogen (secondary N) is 1. The Labute approximate surface area is 236 Å². The number of sulfonamides is 1. The Balaban J connectivity index is 1.80. The molecule has 0 aliphatic heterocycles. The van der Waals surface area contributed by atoms with Crippen LogP contribution in [0.15, 0.2) is 36.4 Å². The van der Waals surface area contributed by atoms with Gasteiger partial charge in [-0.15, -0.1) is 21.5 Å². The van der Waals surface area contributed by atoms with Crippen molar-refractivity contribution < 1.29 is 8.42 Å². The molecular formula is C29H40N6O2S2. The highest BCUT2D eigenvalue weighted by Gasteiger charge is 2.25. The number of anilines is 2. The van der Waals surface area contributed by atoms with Gasteiger partial charge in [-0.2, -0.15) is 9.61 Å². The summed E-state index contributed by atoms with van der Waals surface area (Å²) in [6, 6.07) is 11.6. The van der Waals surface area contributed by atoms with Gasteiger partial charge in [0.2, 0.25) is 10.0 Å². The van der Waals surface area contributed by atoms with Crippen molar-refractivity contribution in [2.45, 2.75) is 72.6 Å².